The smallest absolute Gasteiger partial charge is 0.250 e. The molecule has 4 heterocycles. The maximum atomic E-state index is 13.8. The Morgan fingerprint density at radius 2 is 1.73 bits per heavy atom. The van der Waals surface area contributed by atoms with E-state index >= 15 is 0 Å². The lowest BCUT2D eigenvalue weighted by molar-refractivity contribution is -0.135. The van der Waals surface area contributed by atoms with Crippen LogP contribution in [0.25, 0.3) is 0 Å². The summed E-state index contributed by atoms with van der Waals surface area (Å²) in [5.74, 6) is -2.24. The van der Waals surface area contributed by atoms with Crippen LogP contribution in [0.1, 0.15) is 18.4 Å². The zero-order chi connectivity index (χ0) is 20.8. The van der Waals surface area contributed by atoms with Gasteiger partial charge in [-0.1, -0.05) is 41.4 Å². The largest absolute Gasteiger partial charge is 0.324 e. The van der Waals surface area contributed by atoms with Gasteiger partial charge in [-0.3, -0.25) is 19.3 Å². The van der Waals surface area contributed by atoms with E-state index in [1.54, 1.807) is 18.2 Å². The molecule has 1 N–H and O–H groups in total. The zero-order valence-corrected chi connectivity index (χ0v) is 17.3. The van der Waals surface area contributed by atoms with Crippen molar-refractivity contribution in [2.24, 2.45) is 11.8 Å². The molecule has 6 nitrogen and oxygen atoms in total. The lowest BCUT2D eigenvalue weighted by Gasteiger charge is -2.36. The first kappa shape index (κ1) is 18.4. The highest BCUT2D eigenvalue weighted by molar-refractivity contribution is 6.36. The predicted molar refractivity (Wildman–Crippen MR) is 112 cm³/mol. The summed E-state index contributed by atoms with van der Waals surface area (Å²) < 4.78 is 0. The average Bonchev–Trinajstić information content (AvgIpc) is 3.39. The summed E-state index contributed by atoms with van der Waals surface area (Å²) in [4.78, 5) is 44.1. The highest BCUT2D eigenvalue weighted by Gasteiger charge is 2.74. The van der Waals surface area contributed by atoms with E-state index in [0.29, 0.717) is 28.0 Å². The number of nitrogens with one attached hydrogen (secondary N) is 1. The van der Waals surface area contributed by atoms with Gasteiger partial charge in [0.25, 0.3) is 0 Å². The first-order valence-electron chi connectivity index (χ1n) is 9.96. The molecular formula is C22H17Cl2N3O3. The first-order chi connectivity index (χ1) is 14.4. The van der Waals surface area contributed by atoms with Crippen LogP contribution in [0.4, 0.5) is 11.4 Å². The monoisotopic (exact) mass is 441 g/mol. The number of hydrogen-bond donors (Lipinski definition) is 1. The molecule has 0 radical (unpaired) electrons. The Morgan fingerprint density at radius 3 is 2.50 bits per heavy atom. The van der Waals surface area contributed by atoms with Crippen molar-refractivity contribution in [3.63, 3.8) is 0 Å². The summed E-state index contributed by atoms with van der Waals surface area (Å²) in [6.07, 6.45) is 1.66. The van der Waals surface area contributed by atoms with Crippen LogP contribution in [0.2, 0.25) is 10.0 Å². The van der Waals surface area contributed by atoms with E-state index in [4.69, 9.17) is 23.2 Å². The zero-order valence-electron chi connectivity index (χ0n) is 15.8. The molecule has 4 aliphatic heterocycles. The number of benzene rings is 2. The molecule has 3 saturated heterocycles. The maximum absolute atomic E-state index is 13.8. The number of para-hydroxylation sites is 1. The molecule has 152 valence electrons. The van der Waals surface area contributed by atoms with Crippen molar-refractivity contribution in [3.8, 4) is 0 Å². The van der Waals surface area contributed by atoms with Crippen molar-refractivity contribution in [2.45, 2.75) is 24.4 Å². The lowest BCUT2D eigenvalue weighted by atomic mass is 9.75. The van der Waals surface area contributed by atoms with Crippen molar-refractivity contribution in [2.75, 3.05) is 16.8 Å². The van der Waals surface area contributed by atoms with Gasteiger partial charge >= 0.3 is 0 Å². The van der Waals surface area contributed by atoms with Crippen LogP contribution < -0.4 is 10.2 Å². The molecular weight excluding hydrogens is 425 g/mol. The van der Waals surface area contributed by atoms with Crippen LogP contribution in [-0.4, -0.2) is 35.2 Å². The number of hydrogen-bond acceptors (Lipinski definition) is 4. The fourth-order valence-electron chi connectivity index (χ4n) is 6.08. The van der Waals surface area contributed by atoms with E-state index in [1.165, 1.54) is 4.90 Å². The Morgan fingerprint density at radius 1 is 1.00 bits per heavy atom. The fourth-order valence-corrected chi connectivity index (χ4v) is 6.60. The van der Waals surface area contributed by atoms with Gasteiger partial charge in [0.2, 0.25) is 17.7 Å². The molecule has 3 amide bonds. The molecule has 0 saturated carbocycles. The fraction of sp³-hybridized carbons (Fsp3) is 0.318. The predicted octanol–water partition coefficient (Wildman–Crippen LogP) is 3.42. The Kier molecular flexibility index (Phi) is 3.71. The molecule has 0 aliphatic carbocycles. The van der Waals surface area contributed by atoms with Crippen LogP contribution in [0.3, 0.4) is 0 Å². The Balaban J connectivity index is 1.56. The molecule has 6 rings (SSSR count). The summed E-state index contributed by atoms with van der Waals surface area (Å²) in [7, 11) is 0. The van der Waals surface area contributed by atoms with E-state index in [-0.39, 0.29) is 23.8 Å². The number of imide groups is 1. The quantitative estimate of drug-likeness (QED) is 0.688. The second-order valence-corrected chi connectivity index (χ2v) is 9.18. The molecule has 3 fully saturated rings. The molecule has 0 bridgehead atoms. The lowest BCUT2D eigenvalue weighted by Crippen LogP contribution is -2.54. The molecule has 8 heteroatoms. The maximum Gasteiger partial charge on any atom is 0.250 e. The van der Waals surface area contributed by atoms with E-state index in [0.717, 1.165) is 18.4 Å². The third-order valence-corrected chi connectivity index (χ3v) is 7.44. The summed E-state index contributed by atoms with van der Waals surface area (Å²) in [5, 5.41) is 3.65. The Bertz CT molecular complexity index is 1130. The summed E-state index contributed by atoms with van der Waals surface area (Å²) in [5.41, 5.74) is 0.676. The summed E-state index contributed by atoms with van der Waals surface area (Å²) in [6, 6.07) is 12.0. The molecule has 2 aromatic carbocycles. The van der Waals surface area contributed by atoms with Crippen molar-refractivity contribution >= 4 is 52.3 Å². The number of rotatable bonds is 1. The molecule has 0 aromatic heterocycles. The highest BCUT2D eigenvalue weighted by atomic mass is 35.5. The highest BCUT2D eigenvalue weighted by Crippen LogP contribution is 2.60. The van der Waals surface area contributed by atoms with E-state index in [9.17, 15) is 14.4 Å². The minimum absolute atomic E-state index is 0.150. The molecule has 4 aliphatic rings. The van der Waals surface area contributed by atoms with E-state index in [1.807, 2.05) is 24.3 Å². The Labute approximate surface area is 182 Å². The van der Waals surface area contributed by atoms with Crippen LogP contribution in [0.5, 0.6) is 0 Å². The molecule has 30 heavy (non-hydrogen) atoms. The average molecular weight is 442 g/mol. The van der Waals surface area contributed by atoms with Gasteiger partial charge in [-0.15, -0.1) is 0 Å². The normalized spacial score (nSPS) is 32.0. The number of amides is 3. The number of carbonyl (C=O) groups excluding carboxylic acids is 3. The van der Waals surface area contributed by atoms with Gasteiger partial charge in [0.1, 0.15) is 5.54 Å². The molecule has 1 spiro atoms. The molecule has 4 atom stereocenters. The number of nitrogens with zero attached hydrogens (tertiary/aromatic N) is 2. The first-order valence-corrected chi connectivity index (χ1v) is 10.7. The third-order valence-electron chi connectivity index (χ3n) is 7.01. The minimum Gasteiger partial charge on any atom is -0.324 e. The van der Waals surface area contributed by atoms with Crippen LogP contribution in [0.15, 0.2) is 42.5 Å². The second kappa shape index (κ2) is 6.06. The van der Waals surface area contributed by atoms with Gasteiger partial charge in [-0.2, -0.15) is 0 Å². The van der Waals surface area contributed by atoms with Gasteiger partial charge < -0.3 is 5.32 Å². The number of anilines is 2. The number of halogens is 2. The third kappa shape index (κ3) is 2.06. The van der Waals surface area contributed by atoms with Crippen molar-refractivity contribution in [3.05, 3.63) is 58.1 Å². The summed E-state index contributed by atoms with van der Waals surface area (Å²) in [6.45, 7) is 0.684. The second-order valence-electron chi connectivity index (χ2n) is 8.31. The summed E-state index contributed by atoms with van der Waals surface area (Å²) >= 11 is 12.3. The van der Waals surface area contributed by atoms with Crippen molar-refractivity contribution in [1.29, 1.82) is 0 Å². The molecule has 0 unspecified atom stereocenters. The van der Waals surface area contributed by atoms with Gasteiger partial charge in [0.05, 0.1) is 17.5 Å². The standard InChI is InChI=1S/C22H17Cl2N3O3/c23-11-8-12(24)10-13(9-11)27-19(28)17-16-6-3-7-26(16)22(18(17)20(27)29)14-4-1-2-5-15(14)25-21(22)30/h1-2,4-5,8-10,16-18H,3,6-7H2,(H,25,30)/t16-,17+,18+,22+/m0/s1. The van der Waals surface area contributed by atoms with Gasteiger partial charge in [-0.05, 0) is 43.7 Å². The van der Waals surface area contributed by atoms with E-state index in [2.05, 4.69) is 10.2 Å². The van der Waals surface area contributed by atoms with Crippen molar-refractivity contribution in [1.82, 2.24) is 4.90 Å². The number of fused-ring (bicyclic) bond motifs is 7. The van der Waals surface area contributed by atoms with E-state index < -0.39 is 17.4 Å². The van der Waals surface area contributed by atoms with Gasteiger partial charge in [0, 0.05) is 27.3 Å². The van der Waals surface area contributed by atoms with Gasteiger partial charge in [0.15, 0.2) is 0 Å². The minimum atomic E-state index is -1.16. The van der Waals surface area contributed by atoms with Crippen LogP contribution >= 0.6 is 23.2 Å². The van der Waals surface area contributed by atoms with Crippen LogP contribution in [0, 0.1) is 11.8 Å². The SMILES string of the molecule is O=C1[C@@H]2[C@@H]3CCCN3[C@@]3(C(=O)Nc4ccccc43)[C@H]2C(=O)N1c1cc(Cl)cc(Cl)c1. The van der Waals surface area contributed by atoms with Gasteiger partial charge in [-0.25, -0.2) is 4.90 Å². The number of carbonyl (C=O) groups is 3. The van der Waals surface area contributed by atoms with Crippen molar-refractivity contribution < 1.29 is 14.4 Å². The molecule has 2 aromatic rings. The van der Waals surface area contributed by atoms with Crippen LogP contribution in [-0.2, 0) is 19.9 Å². The topological polar surface area (TPSA) is 69.7 Å². The Hall–Kier alpha value is -2.41.